The molecule has 0 spiro atoms. The summed E-state index contributed by atoms with van der Waals surface area (Å²) in [7, 11) is 0. The molecule has 1 nitrogen and oxygen atoms in total. The van der Waals surface area contributed by atoms with Crippen LogP contribution in [0.3, 0.4) is 0 Å². The number of hydrogen-bond donors (Lipinski definition) is 1. The van der Waals surface area contributed by atoms with Crippen LogP contribution in [0.1, 0.15) is 29.2 Å². The SMILES string of the molecule is Cc1cc(-c2cccc3c2CCC3N)c(F)cc1F. The van der Waals surface area contributed by atoms with Crippen LogP contribution in [0.25, 0.3) is 11.1 Å². The molecule has 2 N–H and O–H groups in total. The van der Waals surface area contributed by atoms with Gasteiger partial charge in [-0.05, 0) is 48.1 Å². The van der Waals surface area contributed by atoms with E-state index in [0.29, 0.717) is 11.1 Å². The lowest BCUT2D eigenvalue weighted by atomic mass is 9.95. The lowest BCUT2D eigenvalue weighted by molar-refractivity contribution is 0.579. The maximum Gasteiger partial charge on any atom is 0.133 e. The predicted octanol–water partition coefficient (Wildman–Crippen LogP) is 3.89. The Kier molecular flexibility index (Phi) is 2.86. The first-order chi connectivity index (χ1) is 9.08. The second-order valence-corrected chi connectivity index (χ2v) is 5.10. The summed E-state index contributed by atoms with van der Waals surface area (Å²) in [6.45, 7) is 1.65. The van der Waals surface area contributed by atoms with E-state index in [9.17, 15) is 8.78 Å². The molecule has 0 amide bonds. The average molecular weight is 259 g/mol. The van der Waals surface area contributed by atoms with Gasteiger partial charge in [0.1, 0.15) is 11.6 Å². The van der Waals surface area contributed by atoms with Crippen molar-refractivity contribution < 1.29 is 8.78 Å². The van der Waals surface area contributed by atoms with E-state index in [2.05, 4.69) is 0 Å². The summed E-state index contributed by atoms with van der Waals surface area (Å²) in [6.07, 6.45) is 1.73. The lowest BCUT2D eigenvalue weighted by Gasteiger charge is -2.12. The van der Waals surface area contributed by atoms with E-state index in [1.165, 1.54) is 0 Å². The molecule has 1 atom stereocenters. The Labute approximate surface area is 111 Å². The van der Waals surface area contributed by atoms with Crippen molar-refractivity contribution in [3.05, 3.63) is 58.7 Å². The Morgan fingerprint density at radius 2 is 1.89 bits per heavy atom. The molecule has 0 aliphatic heterocycles. The van der Waals surface area contributed by atoms with Gasteiger partial charge in [0.25, 0.3) is 0 Å². The second-order valence-electron chi connectivity index (χ2n) is 5.10. The Morgan fingerprint density at radius 1 is 1.11 bits per heavy atom. The van der Waals surface area contributed by atoms with Gasteiger partial charge in [-0.1, -0.05) is 18.2 Å². The maximum absolute atomic E-state index is 14.0. The number of hydrogen-bond acceptors (Lipinski definition) is 1. The van der Waals surface area contributed by atoms with Gasteiger partial charge in [0, 0.05) is 17.7 Å². The van der Waals surface area contributed by atoms with E-state index in [4.69, 9.17) is 5.73 Å². The lowest BCUT2D eigenvalue weighted by Crippen LogP contribution is -2.05. The van der Waals surface area contributed by atoms with Crippen molar-refractivity contribution in [2.24, 2.45) is 5.73 Å². The molecule has 0 aromatic heterocycles. The fourth-order valence-corrected chi connectivity index (χ4v) is 2.80. The van der Waals surface area contributed by atoms with Gasteiger partial charge in [-0.25, -0.2) is 8.78 Å². The zero-order valence-electron chi connectivity index (χ0n) is 10.7. The van der Waals surface area contributed by atoms with Crippen molar-refractivity contribution in [1.82, 2.24) is 0 Å². The summed E-state index contributed by atoms with van der Waals surface area (Å²) >= 11 is 0. The second kappa shape index (κ2) is 4.42. The first kappa shape index (κ1) is 12.3. The third kappa shape index (κ3) is 1.94. The fourth-order valence-electron chi connectivity index (χ4n) is 2.80. The average Bonchev–Trinajstić information content (AvgIpc) is 2.76. The van der Waals surface area contributed by atoms with Crippen LogP contribution in [0.15, 0.2) is 30.3 Å². The molecule has 1 aliphatic carbocycles. The van der Waals surface area contributed by atoms with Crippen LogP contribution >= 0.6 is 0 Å². The van der Waals surface area contributed by atoms with Crippen LogP contribution in [0.5, 0.6) is 0 Å². The molecule has 0 bridgehead atoms. The number of benzene rings is 2. The predicted molar refractivity (Wildman–Crippen MR) is 71.8 cm³/mol. The number of rotatable bonds is 1. The van der Waals surface area contributed by atoms with Crippen molar-refractivity contribution in [2.75, 3.05) is 0 Å². The molecule has 2 aromatic carbocycles. The zero-order chi connectivity index (χ0) is 13.6. The van der Waals surface area contributed by atoms with E-state index in [-0.39, 0.29) is 6.04 Å². The minimum atomic E-state index is -0.517. The summed E-state index contributed by atoms with van der Waals surface area (Å²) in [5.41, 5.74) is 9.97. The number of halogens is 2. The van der Waals surface area contributed by atoms with Crippen LogP contribution in [0.2, 0.25) is 0 Å². The molecule has 98 valence electrons. The minimum absolute atomic E-state index is 0.0274. The molecular formula is C16H15F2N. The molecule has 0 heterocycles. The monoisotopic (exact) mass is 259 g/mol. The van der Waals surface area contributed by atoms with Crippen LogP contribution in [-0.4, -0.2) is 0 Å². The summed E-state index contributed by atoms with van der Waals surface area (Å²) in [4.78, 5) is 0. The number of aryl methyl sites for hydroxylation is 1. The molecule has 3 rings (SSSR count). The molecule has 0 saturated heterocycles. The molecular weight excluding hydrogens is 244 g/mol. The largest absolute Gasteiger partial charge is 0.324 e. The first-order valence-corrected chi connectivity index (χ1v) is 6.41. The maximum atomic E-state index is 14.0. The summed E-state index contributed by atoms with van der Waals surface area (Å²) in [5, 5.41) is 0. The highest BCUT2D eigenvalue weighted by atomic mass is 19.1. The van der Waals surface area contributed by atoms with Gasteiger partial charge < -0.3 is 5.73 Å². The quantitative estimate of drug-likeness (QED) is 0.826. The van der Waals surface area contributed by atoms with Crippen molar-refractivity contribution in [1.29, 1.82) is 0 Å². The Hall–Kier alpha value is -1.74. The molecule has 19 heavy (non-hydrogen) atoms. The molecule has 0 saturated carbocycles. The van der Waals surface area contributed by atoms with E-state index in [1.807, 2.05) is 18.2 Å². The highest BCUT2D eigenvalue weighted by molar-refractivity contribution is 5.71. The van der Waals surface area contributed by atoms with Crippen LogP contribution in [0, 0.1) is 18.6 Å². The van der Waals surface area contributed by atoms with Gasteiger partial charge in [-0.3, -0.25) is 0 Å². The smallest absolute Gasteiger partial charge is 0.133 e. The molecule has 3 heteroatoms. The van der Waals surface area contributed by atoms with Crippen molar-refractivity contribution in [3.63, 3.8) is 0 Å². The normalized spacial score (nSPS) is 17.6. The minimum Gasteiger partial charge on any atom is -0.324 e. The molecule has 1 unspecified atom stereocenters. The summed E-state index contributed by atoms with van der Waals surface area (Å²) in [5.74, 6) is -1.03. The van der Waals surface area contributed by atoms with E-state index in [1.54, 1.807) is 13.0 Å². The van der Waals surface area contributed by atoms with Gasteiger partial charge in [-0.15, -0.1) is 0 Å². The van der Waals surface area contributed by atoms with Gasteiger partial charge in [0.2, 0.25) is 0 Å². The molecule has 0 radical (unpaired) electrons. The Morgan fingerprint density at radius 3 is 2.68 bits per heavy atom. The van der Waals surface area contributed by atoms with Gasteiger partial charge in [-0.2, -0.15) is 0 Å². The first-order valence-electron chi connectivity index (χ1n) is 6.41. The Bertz CT molecular complexity index is 649. The van der Waals surface area contributed by atoms with Crippen molar-refractivity contribution >= 4 is 0 Å². The fraction of sp³-hybridized carbons (Fsp3) is 0.250. The Balaban J connectivity index is 2.21. The van der Waals surface area contributed by atoms with Crippen LogP contribution in [0.4, 0.5) is 8.78 Å². The van der Waals surface area contributed by atoms with Gasteiger partial charge >= 0.3 is 0 Å². The topological polar surface area (TPSA) is 26.0 Å². The summed E-state index contributed by atoms with van der Waals surface area (Å²) in [6, 6.07) is 8.32. The highest BCUT2D eigenvalue weighted by Crippen LogP contribution is 2.37. The van der Waals surface area contributed by atoms with Crippen molar-refractivity contribution in [3.8, 4) is 11.1 Å². The van der Waals surface area contributed by atoms with Gasteiger partial charge in [0.15, 0.2) is 0 Å². The number of fused-ring (bicyclic) bond motifs is 1. The van der Waals surface area contributed by atoms with E-state index in [0.717, 1.165) is 35.6 Å². The van der Waals surface area contributed by atoms with Gasteiger partial charge in [0.05, 0.1) is 0 Å². The molecule has 0 fully saturated rings. The van der Waals surface area contributed by atoms with E-state index >= 15 is 0 Å². The zero-order valence-corrected chi connectivity index (χ0v) is 10.7. The third-order valence-electron chi connectivity index (χ3n) is 3.86. The third-order valence-corrected chi connectivity index (χ3v) is 3.86. The summed E-state index contributed by atoms with van der Waals surface area (Å²) < 4.78 is 27.4. The standard InChI is InChI=1S/C16H15F2N/c1-9-7-13(15(18)8-14(9)17)10-3-2-4-12-11(10)5-6-16(12)19/h2-4,7-8,16H,5-6,19H2,1H3. The van der Waals surface area contributed by atoms with Crippen LogP contribution in [-0.2, 0) is 6.42 Å². The van der Waals surface area contributed by atoms with Crippen LogP contribution < -0.4 is 5.73 Å². The van der Waals surface area contributed by atoms with Crippen molar-refractivity contribution in [2.45, 2.75) is 25.8 Å². The highest BCUT2D eigenvalue weighted by Gasteiger charge is 2.23. The van der Waals surface area contributed by atoms with E-state index < -0.39 is 11.6 Å². The molecule has 1 aliphatic rings. The number of nitrogens with two attached hydrogens (primary N) is 1. The molecule has 2 aromatic rings.